The third-order valence-electron chi connectivity index (χ3n) is 5.07. The van der Waals surface area contributed by atoms with Crippen LogP contribution in [0.3, 0.4) is 0 Å². The standard InChI is InChI=1S/C20H22FN3O.ClH/c21-17-2-4-18(5-3-17)24-11-9-23(10-12-24)14-20(25)16-1-6-19-15(13-16)7-8-22-19;/h1-6,13,22H,7-12,14H2;1H. The maximum absolute atomic E-state index is 13.0. The van der Waals surface area contributed by atoms with Gasteiger partial charge < -0.3 is 10.2 Å². The van der Waals surface area contributed by atoms with Crippen molar-refractivity contribution >= 4 is 29.6 Å². The van der Waals surface area contributed by atoms with E-state index in [4.69, 9.17) is 0 Å². The number of ketones is 1. The lowest BCUT2D eigenvalue weighted by Crippen LogP contribution is -2.48. The Morgan fingerprint density at radius 2 is 1.77 bits per heavy atom. The molecular formula is C20H23ClFN3O. The number of Topliss-reactive ketones (excluding diaryl/α,β-unsaturated/α-hetero) is 1. The maximum Gasteiger partial charge on any atom is 0.176 e. The van der Waals surface area contributed by atoms with Crippen LogP contribution in [0.4, 0.5) is 15.8 Å². The first kappa shape index (κ1) is 18.7. The van der Waals surface area contributed by atoms with Crippen LogP contribution in [0, 0.1) is 5.82 Å². The van der Waals surface area contributed by atoms with Gasteiger partial charge in [-0.2, -0.15) is 0 Å². The molecule has 1 fully saturated rings. The van der Waals surface area contributed by atoms with Gasteiger partial charge in [-0.25, -0.2) is 4.39 Å². The van der Waals surface area contributed by atoms with E-state index in [9.17, 15) is 9.18 Å². The van der Waals surface area contributed by atoms with Gasteiger partial charge in [0, 0.05) is 49.7 Å². The molecule has 2 aromatic rings. The summed E-state index contributed by atoms with van der Waals surface area (Å²) >= 11 is 0. The van der Waals surface area contributed by atoms with E-state index in [1.807, 2.05) is 30.3 Å². The van der Waals surface area contributed by atoms with Crippen LogP contribution in [-0.2, 0) is 6.42 Å². The van der Waals surface area contributed by atoms with E-state index in [0.29, 0.717) is 6.54 Å². The van der Waals surface area contributed by atoms with Gasteiger partial charge >= 0.3 is 0 Å². The van der Waals surface area contributed by atoms with Gasteiger partial charge in [0.05, 0.1) is 6.54 Å². The van der Waals surface area contributed by atoms with Crippen molar-refractivity contribution in [2.24, 2.45) is 0 Å². The number of piperazine rings is 1. The van der Waals surface area contributed by atoms with E-state index in [2.05, 4.69) is 15.1 Å². The second-order valence-corrected chi connectivity index (χ2v) is 6.71. The molecule has 4 rings (SSSR count). The molecule has 6 heteroatoms. The van der Waals surface area contributed by atoms with E-state index >= 15 is 0 Å². The largest absolute Gasteiger partial charge is 0.384 e. The van der Waals surface area contributed by atoms with Gasteiger partial charge in [0.2, 0.25) is 0 Å². The molecule has 0 spiro atoms. The van der Waals surface area contributed by atoms with Crippen LogP contribution < -0.4 is 10.2 Å². The zero-order valence-electron chi connectivity index (χ0n) is 14.6. The second kappa shape index (κ2) is 8.06. The van der Waals surface area contributed by atoms with E-state index in [1.165, 1.54) is 17.7 Å². The molecule has 2 aliphatic rings. The van der Waals surface area contributed by atoms with E-state index < -0.39 is 0 Å². The number of carbonyl (C=O) groups is 1. The van der Waals surface area contributed by atoms with Gasteiger partial charge in [-0.1, -0.05) is 0 Å². The van der Waals surface area contributed by atoms with Crippen molar-refractivity contribution in [1.29, 1.82) is 0 Å². The van der Waals surface area contributed by atoms with Crippen molar-refractivity contribution in [3.63, 3.8) is 0 Å². The number of carbonyl (C=O) groups excluding carboxylic acids is 1. The molecule has 4 nitrogen and oxygen atoms in total. The Morgan fingerprint density at radius 3 is 2.50 bits per heavy atom. The van der Waals surface area contributed by atoms with Crippen LogP contribution in [0.25, 0.3) is 0 Å². The molecule has 2 aromatic carbocycles. The Balaban J connectivity index is 0.00000196. The van der Waals surface area contributed by atoms with Crippen molar-refractivity contribution in [3.8, 4) is 0 Å². The Kier molecular flexibility index (Phi) is 5.79. The molecule has 1 N–H and O–H groups in total. The number of halogens is 2. The predicted octanol–water partition coefficient (Wildman–Crippen LogP) is 3.22. The summed E-state index contributed by atoms with van der Waals surface area (Å²) in [6, 6.07) is 12.6. The summed E-state index contributed by atoms with van der Waals surface area (Å²) in [5.74, 6) is -0.0255. The van der Waals surface area contributed by atoms with Gasteiger partial charge in [-0.05, 0) is 54.4 Å². The molecule has 138 valence electrons. The predicted molar refractivity (Wildman–Crippen MR) is 105 cm³/mol. The number of nitrogens with zero attached hydrogens (tertiary/aromatic N) is 2. The number of rotatable bonds is 4. The zero-order valence-corrected chi connectivity index (χ0v) is 15.4. The van der Waals surface area contributed by atoms with Crippen molar-refractivity contribution < 1.29 is 9.18 Å². The SMILES string of the molecule is Cl.O=C(CN1CCN(c2ccc(F)cc2)CC1)c1ccc2c(c1)CCN2. The highest BCUT2D eigenvalue weighted by molar-refractivity contribution is 5.98. The normalized spacial score (nSPS) is 16.6. The Labute approximate surface area is 159 Å². The van der Waals surface area contributed by atoms with Crippen LogP contribution in [0.1, 0.15) is 15.9 Å². The lowest BCUT2D eigenvalue weighted by Gasteiger charge is -2.35. The van der Waals surface area contributed by atoms with E-state index in [1.54, 1.807) is 0 Å². The summed E-state index contributed by atoms with van der Waals surface area (Å²) in [7, 11) is 0. The van der Waals surface area contributed by atoms with Crippen LogP contribution in [-0.4, -0.2) is 50.0 Å². The van der Waals surface area contributed by atoms with Crippen LogP contribution in [0.2, 0.25) is 0 Å². The molecule has 0 amide bonds. The highest BCUT2D eigenvalue weighted by Gasteiger charge is 2.21. The zero-order chi connectivity index (χ0) is 17.2. The molecule has 0 atom stereocenters. The number of benzene rings is 2. The smallest absolute Gasteiger partial charge is 0.176 e. The average molecular weight is 376 g/mol. The summed E-state index contributed by atoms with van der Waals surface area (Å²) in [4.78, 5) is 17.0. The van der Waals surface area contributed by atoms with Gasteiger partial charge in [-0.3, -0.25) is 9.69 Å². The van der Waals surface area contributed by atoms with Crippen LogP contribution >= 0.6 is 12.4 Å². The summed E-state index contributed by atoms with van der Waals surface area (Å²) in [6.07, 6.45) is 0.993. The van der Waals surface area contributed by atoms with Gasteiger partial charge in [0.25, 0.3) is 0 Å². The number of fused-ring (bicyclic) bond motifs is 1. The first-order chi connectivity index (χ1) is 12.2. The summed E-state index contributed by atoms with van der Waals surface area (Å²) < 4.78 is 13.0. The lowest BCUT2D eigenvalue weighted by atomic mass is 10.0. The van der Waals surface area contributed by atoms with Crippen molar-refractivity contribution in [2.45, 2.75) is 6.42 Å². The fourth-order valence-electron chi connectivity index (χ4n) is 3.59. The highest BCUT2D eigenvalue weighted by atomic mass is 35.5. The van der Waals surface area contributed by atoms with Gasteiger partial charge in [0.1, 0.15) is 5.82 Å². The van der Waals surface area contributed by atoms with E-state index in [-0.39, 0.29) is 24.0 Å². The fourth-order valence-corrected chi connectivity index (χ4v) is 3.59. The Morgan fingerprint density at radius 1 is 1.04 bits per heavy atom. The minimum absolute atomic E-state index is 0. The topological polar surface area (TPSA) is 35.6 Å². The highest BCUT2D eigenvalue weighted by Crippen LogP contribution is 2.23. The molecule has 2 aliphatic heterocycles. The van der Waals surface area contributed by atoms with Crippen molar-refractivity contribution in [3.05, 3.63) is 59.4 Å². The molecular weight excluding hydrogens is 353 g/mol. The molecule has 0 radical (unpaired) electrons. The average Bonchev–Trinajstić information content (AvgIpc) is 3.11. The number of anilines is 2. The van der Waals surface area contributed by atoms with Gasteiger partial charge in [0.15, 0.2) is 5.78 Å². The first-order valence-corrected chi connectivity index (χ1v) is 8.82. The monoisotopic (exact) mass is 375 g/mol. The quantitative estimate of drug-likeness (QED) is 0.832. The van der Waals surface area contributed by atoms with Gasteiger partial charge in [-0.15, -0.1) is 12.4 Å². The summed E-state index contributed by atoms with van der Waals surface area (Å²) in [5.41, 5.74) is 4.25. The third-order valence-corrected chi connectivity index (χ3v) is 5.07. The molecule has 2 heterocycles. The number of hydrogen-bond donors (Lipinski definition) is 1. The molecule has 0 unspecified atom stereocenters. The minimum Gasteiger partial charge on any atom is -0.384 e. The lowest BCUT2D eigenvalue weighted by molar-refractivity contribution is 0.0926. The molecule has 0 saturated carbocycles. The fraction of sp³-hybridized carbons (Fsp3) is 0.350. The number of nitrogens with one attached hydrogen (secondary N) is 1. The molecule has 0 aromatic heterocycles. The van der Waals surface area contributed by atoms with E-state index in [0.717, 1.165) is 56.1 Å². The molecule has 1 saturated heterocycles. The van der Waals surface area contributed by atoms with Crippen LogP contribution in [0.15, 0.2) is 42.5 Å². The third kappa shape index (κ3) is 4.00. The molecule has 0 bridgehead atoms. The van der Waals surface area contributed by atoms with Crippen molar-refractivity contribution in [1.82, 2.24) is 4.90 Å². The Bertz CT molecular complexity index is 773. The second-order valence-electron chi connectivity index (χ2n) is 6.71. The number of hydrogen-bond acceptors (Lipinski definition) is 4. The first-order valence-electron chi connectivity index (χ1n) is 8.82. The van der Waals surface area contributed by atoms with Crippen LogP contribution in [0.5, 0.6) is 0 Å². The summed E-state index contributed by atoms with van der Waals surface area (Å²) in [6.45, 7) is 4.81. The minimum atomic E-state index is -0.211. The maximum atomic E-state index is 13.0. The Hall–Kier alpha value is -2.11. The summed E-state index contributed by atoms with van der Waals surface area (Å²) in [5, 5.41) is 3.32. The van der Waals surface area contributed by atoms with Crippen molar-refractivity contribution in [2.75, 3.05) is 49.5 Å². The molecule has 0 aliphatic carbocycles. The molecule has 26 heavy (non-hydrogen) atoms.